The molecular formula is C21H21ClN4O5. The van der Waals surface area contributed by atoms with Crippen molar-refractivity contribution in [1.29, 1.82) is 0 Å². The van der Waals surface area contributed by atoms with E-state index in [9.17, 15) is 19.2 Å². The number of rotatable bonds is 6. The molecule has 3 rings (SSSR count). The lowest BCUT2D eigenvalue weighted by Gasteiger charge is -2.13. The van der Waals surface area contributed by atoms with Crippen molar-refractivity contribution in [3.63, 3.8) is 0 Å². The van der Waals surface area contributed by atoms with Crippen molar-refractivity contribution >= 4 is 34.5 Å². The minimum absolute atomic E-state index is 0.0116. The maximum atomic E-state index is 13.0. The predicted octanol–water partition coefficient (Wildman–Crippen LogP) is 1.20. The maximum absolute atomic E-state index is 13.0. The molecule has 1 aromatic carbocycles. The molecule has 0 fully saturated rings. The molecule has 0 aliphatic rings. The van der Waals surface area contributed by atoms with Gasteiger partial charge in [-0.1, -0.05) is 23.7 Å². The van der Waals surface area contributed by atoms with Gasteiger partial charge in [0.2, 0.25) is 5.91 Å². The fraction of sp³-hybridized carbons (Fsp3) is 0.286. The SMILES string of the molecule is COC(=O)c1cc(C)nc2c1c(=O)n(CC(=O)NCCc1ccc(Cl)cc1)c(=O)n2C. The first-order chi connectivity index (χ1) is 14.7. The molecule has 0 aliphatic carbocycles. The molecule has 1 amide bonds. The van der Waals surface area contributed by atoms with Crippen LogP contribution in [0.25, 0.3) is 11.0 Å². The number of benzene rings is 1. The van der Waals surface area contributed by atoms with Gasteiger partial charge in [0.05, 0.1) is 18.1 Å². The quantitative estimate of drug-likeness (QED) is 0.572. The molecule has 31 heavy (non-hydrogen) atoms. The van der Waals surface area contributed by atoms with Crippen LogP contribution in [0.15, 0.2) is 39.9 Å². The fourth-order valence-corrected chi connectivity index (χ4v) is 3.34. The van der Waals surface area contributed by atoms with E-state index in [0.717, 1.165) is 14.7 Å². The van der Waals surface area contributed by atoms with Gasteiger partial charge < -0.3 is 10.1 Å². The van der Waals surface area contributed by atoms with Gasteiger partial charge in [0, 0.05) is 24.3 Å². The summed E-state index contributed by atoms with van der Waals surface area (Å²) in [5.41, 5.74) is -0.0250. The number of nitrogens with zero attached hydrogens (tertiary/aromatic N) is 3. The lowest BCUT2D eigenvalue weighted by Crippen LogP contribution is -2.44. The molecule has 3 aromatic rings. The molecule has 2 heterocycles. The number of amides is 1. The first kappa shape index (κ1) is 22.2. The van der Waals surface area contributed by atoms with E-state index in [1.54, 1.807) is 19.1 Å². The van der Waals surface area contributed by atoms with Crippen LogP contribution in [0.4, 0.5) is 0 Å². The third-order valence-electron chi connectivity index (χ3n) is 4.78. The fourth-order valence-electron chi connectivity index (χ4n) is 3.21. The van der Waals surface area contributed by atoms with E-state index in [4.69, 9.17) is 16.3 Å². The van der Waals surface area contributed by atoms with Crippen LogP contribution in [0.3, 0.4) is 0 Å². The second kappa shape index (κ2) is 9.13. The second-order valence-electron chi connectivity index (χ2n) is 6.96. The molecule has 0 bridgehead atoms. The minimum atomic E-state index is -0.779. The van der Waals surface area contributed by atoms with Crippen molar-refractivity contribution in [1.82, 2.24) is 19.4 Å². The number of esters is 1. The highest BCUT2D eigenvalue weighted by molar-refractivity contribution is 6.30. The lowest BCUT2D eigenvalue weighted by molar-refractivity contribution is -0.121. The van der Waals surface area contributed by atoms with Crippen LogP contribution in [0.1, 0.15) is 21.6 Å². The lowest BCUT2D eigenvalue weighted by atomic mass is 10.1. The van der Waals surface area contributed by atoms with Gasteiger partial charge in [0.25, 0.3) is 5.56 Å². The number of aromatic nitrogens is 3. The van der Waals surface area contributed by atoms with Crippen LogP contribution in [-0.2, 0) is 29.5 Å². The van der Waals surface area contributed by atoms with Crippen LogP contribution >= 0.6 is 11.6 Å². The zero-order valence-electron chi connectivity index (χ0n) is 17.3. The van der Waals surface area contributed by atoms with Crippen molar-refractivity contribution in [2.75, 3.05) is 13.7 Å². The molecule has 0 saturated heterocycles. The highest BCUT2D eigenvalue weighted by Crippen LogP contribution is 2.14. The monoisotopic (exact) mass is 444 g/mol. The molecule has 10 heteroatoms. The van der Waals surface area contributed by atoms with Gasteiger partial charge in [-0.05, 0) is 37.1 Å². The summed E-state index contributed by atoms with van der Waals surface area (Å²) in [6.07, 6.45) is 0.559. The first-order valence-electron chi connectivity index (χ1n) is 9.43. The largest absolute Gasteiger partial charge is 0.465 e. The molecule has 162 valence electrons. The first-order valence-corrected chi connectivity index (χ1v) is 9.81. The predicted molar refractivity (Wildman–Crippen MR) is 115 cm³/mol. The highest BCUT2D eigenvalue weighted by atomic mass is 35.5. The van der Waals surface area contributed by atoms with E-state index >= 15 is 0 Å². The number of carbonyl (C=O) groups excluding carboxylic acids is 2. The molecule has 0 aliphatic heterocycles. The van der Waals surface area contributed by atoms with Crippen molar-refractivity contribution in [2.24, 2.45) is 7.05 Å². The van der Waals surface area contributed by atoms with Gasteiger partial charge in [-0.15, -0.1) is 0 Å². The zero-order valence-corrected chi connectivity index (χ0v) is 18.0. The number of aryl methyl sites for hydroxylation is 2. The summed E-state index contributed by atoms with van der Waals surface area (Å²) < 4.78 is 6.68. The summed E-state index contributed by atoms with van der Waals surface area (Å²) in [5.74, 6) is -1.24. The summed E-state index contributed by atoms with van der Waals surface area (Å²) in [7, 11) is 2.62. The number of hydrogen-bond acceptors (Lipinski definition) is 6. The van der Waals surface area contributed by atoms with Gasteiger partial charge in [0.15, 0.2) is 0 Å². The third kappa shape index (κ3) is 4.66. The number of carbonyl (C=O) groups is 2. The number of hydrogen-bond donors (Lipinski definition) is 1. The zero-order chi connectivity index (χ0) is 22.7. The van der Waals surface area contributed by atoms with Crippen LogP contribution in [0.2, 0.25) is 5.02 Å². The summed E-state index contributed by atoms with van der Waals surface area (Å²) in [4.78, 5) is 54.5. The van der Waals surface area contributed by atoms with Gasteiger partial charge >= 0.3 is 11.7 Å². The Bertz CT molecular complexity index is 1280. The van der Waals surface area contributed by atoms with Crippen molar-refractivity contribution in [2.45, 2.75) is 19.9 Å². The van der Waals surface area contributed by atoms with Crippen LogP contribution < -0.4 is 16.6 Å². The van der Waals surface area contributed by atoms with Crippen molar-refractivity contribution < 1.29 is 14.3 Å². The van der Waals surface area contributed by atoms with Crippen molar-refractivity contribution in [3.05, 3.63) is 73.0 Å². The number of ether oxygens (including phenoxy) is 1. The Morgan fingerprint density at radius 3 is 2.52 bits per heavy atom. The number of pyridine rings is 1. The molecule has 0 spiro atoms. The van der Waals surface area contributed by atoms with Gasteiger partial charge in [0.1, 0.15) is 12.2 Å². The Labute approximate surface area is 182 Å². The third-order valence-corrected chi connectivity index (χ3v) is 5.03. The maximum Gasteiger partial charge on any atom is 0.338 e. The highest BCUT2D eigenvalue weighted by Gasteiger charge is 2.21. The number of methoxy groups -OCH3 is 1. The summed E-state index contributed by atoms with van der Waals surface area (Å²) in [6.45, 7) is 1.46. The Morgan fingerprint density at radius 2 is 1.87 bits per heavy atom. The molecule has 1 N–H and O–H groups in total. The molecule has 0 unspecified atom stereocenters. The molecular weight excluding hydrogens is 424 g/mol. The van der Waals surface area contributed by atoms with Crippen LogP contribution in [-0.4, -0.2) is 39.6 Å². The van der Waals surface area contributed by atoms with Crippen LogP contribution in [0, 0.1) is 6.92 Å². The number of nitrogens with one attached hydrogen (secondary N) is 1. The summed E-state index contributed by atoms with van der Waals surface area (Å²) in [5, 5.41) is 3.23. The standard InChI is InChI=1S/C21H21ClN4O5/c1-12-10-15(20(29)31-3)17-18(24-12)25(2)21(30)26(19(17)28)11-16(27)23-9-8-13-4-6-14(22)7-5-13/h4-7,10H,8-9,11H2,1-3H3,(H,23,27). The normalized spacial score (nSPS) is 10.8. The number of halogens is 1. The van der Waals surface area contributed by atoms with E-state index in [1.165, 1.54) is 20.2 Å². The molecule has 0 radical (unpaired) electrons. The van der Waals surface area contributed by atoms with E-state index in [1.807, 2.05) is 12.1 Å². The average molecular weight is 445 g/mol. The van der Waals surface area contributed by atoms with E-state index < -0.39 is 29.7 Å². The van der Waals surface area contributed by atoms with E-state index in [2.05, 4.69) is 10.3 Å². The van der Waals surface area contributed by atoms with E-state index in [0.29, 0.717) is 23.7 Å². The van der Waals surface area contributed by atoms with Gasteiger partial charge in [-0.3, -0.25) is 18.7 Å². The molecule has 0 saturated carbocycles. The van der Waals surface area contributed by atoms with Crippen LogP contribution in [0.5, 0.6) is 0 Å². The number of fused-ring (bicyclic) bond motifs is 1. The Morgan fingerprint density at radius 1 is 1.19 bits per heavy atom. The van der Waals surface area contributed by atoms with E-state index in [-0.39, 0.29) is 16.6 Å². The minimum Gasteiger partial charge on any atom is -0.465 e. The average Bonchev–Trinajstić information content (AvgIpc) is 2.75. The summed E-state index contributed by atoms with van der Waals surface area (Å²) >= 11 is 5.85. The molecule has 0 atom stereocenters. The molecule has 2 aromatic heterocycles. The Balaban J connectivity index is 1.89. The van der Waals surface area contributed by atoms with Crippen molar-refractivity contribution in [3.8, 4) is 0 Å². The Kier molecular flexibility index (Phi) is 6.55. The second-order valence-corrected chi connectivity index (χ2v) is 7.40. The molecule has 9 nitrogen and oxygen atoms in total. The smallest absolute Gasteiger partial charge is 0.338 e. The van der Waals surface area contributed by atoms with Gasteiger partial charge in [-0.25, -0.2) is 14.6 Å². The Hall–Kier alpha value is -3.46. The van der Waals surface area contributed by atoms with Gasteiger partial charge in [-0.2, -0.15) is 0 Å². The topological polar surface area (TPSA) is 112 Å². The summed E-state index contributed by atoms with van der Waals surface area (Å²) in [6, 6.07) is 8.62.